The standard InChI is InChI=1S/C28H24ClN5OS/c1-2-3-7-18-12-14-20(15-13-18)34-32-25-16-23(29)24(17-26(25)33-34)30-28(36)31-27(35)22-11-6-9-19-8-4-5-10-21(19)22/h4-6,8-17H,2-3,7H2,1H3,(H2,30,31,35,36). The molecule has 0 saturated heterocycles. The van der Waals surface area contributed by atoms with E-state index in [1.54, 1.807) is 23.0 Å². The van der Waals surface area contributed by atoms with Gasteiger partial charge in [0.1, 0.15) is 11.0 Å². The minimum atomic E-state index is -0.296. The zero-order valence-corrected chi connectivity index (χ0v) is 21.2. The predicted molar refractivity (Wildman–Crippen MR) is 150 cm³/mol. The van der Waals surface area contributed by atoms with Crippen LogP contribution in [0.25, 0.3) is 27.5 Å². The van der Waals surface area contributed by atoms with E-state index in [1.807, 2.05) is 48.5 Å². The second-order valence-corrected chi connectivity index (χ2v) is 9.33. The van der Waals surface area contributed by atoms with Crippen LogP contribution >= 0.6 is 23.8 Å². The molecular formula is C28H24ClN5OS. The molecule has 8 heteroatoms. The smallest absolute Gasteiger partial charge is 0.258 e. The lowest BCUT2D eigenvalue weighted by Crippen LogP contribution is -2.34. The van der Waals surface area contributed by atoms with Crippen molar-refractivity contribution in [2.24, 2.45) is 0 Å². The Balaban J connectivity index is 1.32. The maximum atomic E-state index is 12.9. The summed E-state index contributed by atoms with van der Waals surface area (Å²) >= 11 is 11.9. The highest BCUT2D eigenvalue weighted by Crippen LogP contribution is 2.27. The van der Waals surface area contributed by atoms with Gasteiger partial charge in [0.05, 0.1) is 16.4 Å². The van der Waals surface area contributed by atoms with E-state index in [0.29, 0.717) is 27.3 Å². The molecule has 2 N–H and O–H groups in total. The Labute approximate surface area is 219 Å². The first-order chi connectivity index (χ1) is 17.5. The molecule has 0 spiro atoms. The second kappa shape index (κ2) is 10.4. The number of amides is 1. The van der Waals surface area contributed by atoms with Crippen molar-refractivity contribution in [3.63, 3.8) is 0 Å². The van der Waals surface area contributed by atoms with E-state index < -0.39 is 0 Å². The molecule has 0 radical (unpaired) electrons. The summed E-state index contributed by atoms with van der Waals surface area (Å²) in [5, 5.41) is 17.3. The lowest BCUT2D eigenvalue weighted by molar-refractivity contribution is 0.0979. The summed E-state index contributed by atoms with van der Waals surface area (Å²) in [6.07, 6.45) is 3.40. The molecule has 0 aliphatic heterocycles. The van der Waals surface area contributed by atoms with Crippen LogP contribution in [0.1, 0.15) is 35.7 Å². The van der Waals surface area contributed by atoms with E-state index in [9.17, 15) is 4.79 Å². The van der Waals surface area contributed by atoms with Crippen molar-refractivity contribution in [2.75, 3.05) is 5.32 Å². The largest absolute Gasteiger partial charge is 0.331 e. The average molecular weight is 514 g/mol. The summed E-state index contributed by atoms with van der Waals surface area (Å²) in [4.78, 5) is 14.5. The fourth-order valence-electron chi connectivity index (χ4n) is 4.07. The number of halogens is 1. The van der Waals surface area contributed by atoms with Gasteiger partial charge in [0.2, 0.25) is 0 Å². The molecule has 180 valence electrons. The summed E-state index contributed by atoms with van der Waals surface area (Å²) in [5.74, 6) is -0.296. The molecule has 0 fully saturated rings. The normalized spacial score (nSPS) is 11.1. The quantitative estimate of drug-likeness (QED) is 0.247. The van der Waals surface area contributed by atoms with Crippen LogP contribution in [0.5, 0.6) is 0 Å². The number of aromatic nitrogens is 3. The summed E-state index contributed by atoms with van der Waals surface area (Å²) in [7, 11) is 0. The van der Waals surface area contributed by atoms with Gasteiger partial charge in [-0.1, -0.05) is 73.5 Å². The molecule has 0 saturated carbocycles. The number of nitrogens with one attached hydrogen (secondary N) is 2. The van der Waals surface area contributed by atoms with Gasteiger partial charge in [-0.2, -0.15) is 4.80 Å². The number of fused-ring (bicyclic) bond motifs is 2. The third kappa shape index (κ3) is 5.08. The third-order valence-electron chi connectivity index (χ3n) is 5.96. The molecule has 1 aromatic heterocycles. The maximum Gasteiger partial charge on any atom is 0.258 e. The number of carbonyl (C=O) groups excluding carboxylic acids is 1. The molecule has 0 bridgehead atoms. The molecule has 0 unspecified atom stereocenters. The number of aryl methyl sites for hydroxylation is 1. The average Bonchev–Trinajstić information content (AvgIpc) is 3.30. The van der Waals surface area contributed by atoms with Gasteiger partial charge in [0.25, 0.3) is 5.91 Å². The molecular weight excluding hydrogens is 490 g/mol. The summed E-state index contributed by atoms with van der Waals surface area (Å²) in [5.41, 5.74) is 4.56. The van der Waals surface area contributed by atoms with Crippen molar-refractivity contribution in [3.05, 3.63) is 95.0 Å². The molecule has 36 heavy (non-hydrogen) atoms. The van der Waals surface area contributed by atoms with E-state index in [-0.39, 0.29) is 11.0 Å². The summed E-state index contributed by atoms with van der Waals surface area (Å²) in [6.45, 7) is 2.19. The zero-order chi connectivity index (χ0) is 25.1. The van der Waals surface area contributed by atoms with E-state index in [2.05, 4.69) is 39.9 Å². The number of unbranched alkanes of at least 4 members (excludes halogenated alkanes) is 1. The predicted octanol–water partition coefficient (Wildman–Crippen LogP) is 6.70. The molecule has 5 rings (SSSR count). The Morgan fingerprint density at radius 2 is 1.69 bits per heavy atom. The van der Waals surface area contributed by atoms with Gasteiger partial charge in [-0.25, -0.2) is 0 Å². The molecule has 1 heterocycles. The Morgan fingerprint density at radius 3 is 2.47 bits per heavy atom. The number of nitrogens with zero attached hydrogens (tertiary/aromatic N) is 3. The van der Waals surface area contributed by atoms with Crippen LogP contribution in [0.3, 0.4) is 0 Å². The number of anilines is 1. The first-order valence-electron chi connectivity index (χ1n) is 11.8. The maximum absolute atomic E-state index is 12.9. The van der Waals surface area contributed by atoms with Crippen LogP contribution in [-0.4, -0.2) is 26.0 Å². The molecule has 0 aliphatic rings. The summed E-state index contributed by atoms with van der Waals surface area (Å²) in [6, 6.07) is 25.0. The second-order valence-electron chi connectivity index (χ2n) is 8.52. The fourth-order valence-corrected chi connectivity index (χ4v) is 4.48. The van der Waals surface area contributed by atoms with Crippen LogP contribution in [0.4, 0.5) is 5.69 Å². The highest BCUT2D eigenvalue weighted by molar-refractivity contribution is 7.80. The van der Waals surface area contributed by atoms with Gasteiger partial charge in [-0.05, 0) is 71.7 Å². The topological polar surface area (TPSA) is 71.8 Å². The molecule has 5 aromatic rings. The number of hydrogen-bond donors (Lipinski definition) is 2. The number of carbonyl (C=O) groups is 1. The molecule has 0 atom stereocenters. The highest BCUT2D eigenvalue weighted by atomic mass is 35.5. The van der Waals surface area contributed by atoms with Gasteiger partial charge in [-0.15, -0.1) is 10.2 Å². The van der Waals surface area contributed by atoms with Crippen LogP contribution in [-0.2, 0) is 6.42 Å². The number of benzene rings is 4. The van der Waals surface area contributed by atoms with Crippen LogP contribution < -0.4 is 10.6 Å². The van der Waals surface area contributed by atoms with Crippen molar-refractivity contribution in [3.8, 4) is 5.69 Å². The van der Waals surface area contributed by atoms with E-state index in [4.69, 9.17) is 23.8 Å². The summed E-state index contributed by atoms with van der Waals surface area (Å²) < 4.78 is 0. The number of rotatable bonds is 6. The van der Waals surface area contributed by atoms with Crippen LogP contribution in [0, 0.1) is 0 Å². The Kier molecular flexibility index (Phi) is 6.93. The lowest BCUT2D eigenvalue weighted by atomic mass is 10.0. The van der Waals surface area contributed by atoms with Crippen molar-refractivity contribution in [2.45, 2.75) is 26.2 Å². The first kappa shape index (κ1) is 23.9. The SMILES string of the molecule is CCCCc1ccc(-n2nc3cc(Cl)c(NC(=S)NC(=O)c4cccc5ccccc45)cc3n2)cc1. The van der Waals surface area contributed by atoms with E-state index in [0.717, 1.165) is 22.9 Å². The van der Waals surface area contributed by atoms with Gasteiger partial charge < -0.3 is 5.32 Å². The van der Waals surface area contributed by atoms with Crippen molar-refractivity contribution < 1.29 is 4.79 Å². The first-order valence-corrected chi connectivity index (χ1v) is 12.6. The third-order valence-corrected chi connectivity index (χ3v) is 6.48. The molecule has 0 aliphatic carbocycles. The highest BCUT2D eigenvalue weighted by Gasteiger charge is 2.14. The minimum absolute atomic E-state index is 0.143. The molecule has 1 amide bonds. The van der Waals surface area contributed by atoms with Crippen molar-refractivity contribution >= 4 is 62.3 Å². The Bertz CT molecular complexity index is 1570. The van der Waals surface area contributed by atoms with Crippen LogP contribution in [0.2, 0.25) is 5.02 Å². The Morgan fingerprint density at radius 1 is 0.972 bits per heavy atom. The van der Waals surface area contributed by atoms with Gasteiger partial charge >= 0.3 is 0 Å². The monoisotopic (exact) mass is 513 g/mol. The Hall–Kier alpha value is -3.81. The van der Waals surface area contributed by atoms with Crippen LogP contribution in [0.15, 0.2) is 78.9 Å². The number of thiocarbonyl (C=S) groups is 1. The van der Waals surface area contributed by atoms with E-state index in [1.165, 1.54) is 18.4 Å². The minimum Gasteiger partial charge on any atom is -0.331 e. The fraction of sp³-hybridized carbons (Fsp3) is 0.143. The van der Waals surface area contributed by atoms with Crippen molar-refractivity contribution in [1.82, 2.24) is 20.3 Å². The van der Waals surface area contributed by atoms with Gasteiger partial charge in [-0.3, -0.25) is 10.1 Å². The molecule has 6 nitrogen and oxygen atoms in total. The zero-order valence-electron chi connectivity index (χ0n) is 19.7. The van der Waals surface area contributed by atoms with Gasteiger partial charge in [0, 0.05) is 5.56 Å². The van der Waals surface area contributed by atoms with Gasteiger partial charge in [0.15, 0.2) is 5.11 Å². The lowest BCUT2D eigenvalue weighted by Gasteiger charge is -2.12. The van der Waals surface area contributed by atoms with E-state index >= 15 is 0 Å². The number of hydrogen-bond acceptors (Lipinski definition) is 4. The molecule has 4 aromatic carbocycles. The van der Waals surface area contributed by atoms with Crippen molar-refractivity contribution in [1.29, 1.82) is 0 Å².